The Labute approximate surface area is 55.1 Å². The van der Waals surface area contributed by atoms with E-state index >= 15 is 0 Å². The first-order valence-electron chi connectivity index (χ1n) is 2.60. The largest absolute Gasteiger partial charge is 0.329 e. The molecule has 10 heavy (non-hydrogen) atoms. The minimum absolute atomic E-state index is 0.368. The van der Waals surface area contributed by atoms with E-state index in [2.05, 4.69) is 26.1 Å². The normalized spacial score (nSPS) is 10.5. The molecule has 0 aromatic carbocycles. The molecule has 0 aliphatic carbocycles. The van der Waals surface area contributed by atoms with Crippen molar-refractivity contribution in [2.75, 3.05) is 0 Å². The van der Waals surface area contributed by atoms with Gasteiger partial charge in [0.2, 0.25) is 0 Å². The van der Waals surface area contributed by atoms with Gasteiger partial charge >= 0.3 is 6.08 Å². The molecule has 1 N–H and O–H groups in total. The molecule has 0 fully saturated rings. The van der Waals surface area contributed by atoms with E-state index in [1.165, 1.54) is 6.33 Å². The van der Waals surface area contributed by atoms with Gasteiger partial charge in [-0.15, -0.1) is 0 Å². The molecular weight excluding hydrogens is 135 g/mol. The van der Waals surface area contributed by atoms with Crippen molar-refractivity contribution in [1.82, 2.24) is 19.9 Å². The molecule has 1 radical (unpaired) electrons. The molecule has 0 saturated carbocycles. The number of rotatable bonds is 0. The summed E-state index contributed by atoms with van der Waals surface area (Å²) in [4.78, 5) is 13.0. The maximum absolute atomic E-state index is 12.2. The van der Waals surface area contributed by atoms with E-state index in [0.29, 0.717) is 11.2 Å². The lowest BCUT2D eigenvalue weighted by atomic mass is 10.6. The van der Waals surface area contributed by atoms with E-state index < -0.39 is 6.08 Å². The topological polar surface area (TPSA) is 54.5 Å². The number of fused-ring (bicyclic) bond motifs is 1. The van der Waals surface area contributed by atoms with E-state index in [4.69, 9.17) is 0 Å². The zero-order valence-electron chi connectivity index (χ0n) is 4.80. The number of nitrogens with one attached hydrogen (secondary N) is 1. The van der Waals surface area contributed by atoms with Crippen molar-refractivity contribution in [3.05, 3.63) is 18.6 Å². The first-order valence-corrected chi connectivity index (χ1v) is 2.60. The summed E-state index contributed by atoms with van der Waals surface area (Å²) >= 11 is 0. The molecule has 2 aromatic rings. The summed E-state index contributed by atoms with van der Waals surface area (Å²) in [5, 5.41) is 0. The minimum Gasteiger partial charge on any atom is -0.329 e. The van der Waals surface area contributed by atoms with Gasteiger partial charge in [0.05, 0.1) is 6.33 Å². The molecule has 0 saturated heterocycles. The Balaban J connectivity index is 2.86. The molecule has 0 aliphatic rings. The van der Waals surface area contributed by atoms with Crippen LogP contribution in [0.15, 0.2) is 6.33 Å². The van der Waals surface area contributed by atoms with Gasteiger partial charge in [-0.2, -0.15) is 14.4 Å². The average Bonchev–Trinajstić information content (AvgIpc) is 2.33. The van der Waals surface area contributed by atoms with Crippen molar-refractivity contribution < 1.29 is 4.39 Å². The zero-order valence-corrected chi connectivity index (χ0v) is 4.80. The van der Waals surface area contributed by atoms with E-state index in [9.17, 15) is 4.39 Å². The highest BCUT2D eigenvalue weighted by Gasteiger charge is 1.98. The number of H-pyrrole nitrogens is 1. The van der Waals surface area contributed by atoms with Crippen LogP contribution in [0.1, 0.15) is 0 Å². The van der Waals surface area contributed by atoms with Crippen LogP contribution in [-0.4, -0.2) is 19.9 Å². The van der Waals surface area contributed by atoms with Gasteiger partial charge < -0.3 is 4.98 Å². The number of imidazole rings is 1. The van der Waals surface area contributed by atoms with E-state index in [-0.39, 0.29) is 0 Å². The Morgan fingerprint density at radius 2 is 2.50 bits per heavy atom. The summed E-state index contributed by atoms with van der Waals surface area (Å²) < 4.78 is 12.2. The lowest BCUT2D eigenvalue weighted by Crippen LogP contribution is -1.87. The van der Waals surface area contributed by atoms with Gasteiger partial charge in [-0.05, 0) is 0 Å². The minimum atomic E-state index is -0.795. The third kappa shape index (κ3) is 0.637. The van der Waals surface area contributed by atoms with E-state index in [1.807, 2.05) is 0 Å². The van der Waals surface area contributed by atoms with Crippen LogP contribution in [0.2, 0.25) is 0 Å². The van der Waals surface area contributed by atoms with Crippen LogP contribution in [0.3, 0.4) is 0 Å². The number of hydrogen-bond acceptors (Lipinski definition) is 3. The van der Waals surface area contributed by atoms with Gasteiger partial charge in [0, 0.05) is 0 Å². The van der Waals surface area contributed by atoms with Crippen molar-refractivity contribution in [2.45, 2.75) is 0 Å². The van der Waals surface area contributed by atoms with Crippen LogP contribution in [0, 0.1) is 12.3 Å². The summed E-state index contributed by atoms with van der Waals surface area (Å²) in [7, 11) is 0. The van der Waals surface area contributed by atoms with Gasteiger partial charge in [-0.1, -0.05) is 0 Å². The fourth-order valence-corrected chi connectivity index (χ4v) is 0.671. The van der Waals surface area contributed by atoms with Gasteiger partial charge in [0.1, 0.15) is 11.7 Å². The van der Waals surface area contributed by atoms with Crippen LogP contribution in [0.5, 0.6) is 0 Å². The number of nitrogens with zero attached hydrogens (tertiary/aromatic N) is 3. The Morgan fingerprint density at radius 3 is 3.40 bits per heavy atom. The number of hydrogen-bond donors (Lipinski definition) is 1. The Bertz CT molecular complexity index is 355. The zero-order chi connectivity index (χ0) is 6.97. The van der Waals surface area contributed by atoms with Crippen molar-refractivity contribution in [3.8, 4) is 0 Å². The molecule has 2 heterocycles. The van der Waals surface area contributed by atoms with Crippen LogP contribution in [0.4, 0.5) is 4.39 Å². The molecule has 5 heteroatoms. The molecule has 0 spiro atoms. The van der Waals surface area contributed by atoms with Crippen molar-refractivity contribution in [2.24, 2.45) is 0 Å². The fraction of sp³-hybridized carbons (Fsp3) is 0. The molecule has 2 aromatic heterocycles. The average molecular weight is 137 g/mol. The van der Waals surface area contributed by atoms with Gasteiger partial charge in [0.15, 0.2) is 5.65 Å². The monoisotopic (exact) mass is 137 g/mol. The van der Waals surface area contributed by atoms with Crippen molar-refractivity contribution >= 4 is 11.2 Å². The van der Waals surface area contributed by atoms with Gasteiger partial charge in [-0.25, -0.2) is 4.98 Å². The molecule has 0 atom stereocenters. The first-order chi connectivity index (χ1) is 4.86. The molecule has 0 bridgehead atoms. The second-order valence-corrected chi connectivity index (χ2v) is 1.70. The smallest absolute Gasteiger partial charge is 0.311 e. The molecule has 49 valence electrons. The number of aromatic nitrogens is 4. The second-order valence-electron chi connectivity index (χ2n) is 1.70. The maximum atomic E-state index is 12.2. The highest BCUT2D eigenvalue weighted by atomic mass is 19.1. The Hall–Kier alpha value is -1.52. The lowest BCUT2D eigenvalue weighted by Gasteiger charge is -1.83. The molecule has 0 aliphatic heterocycles. The van der Waals surface area contributed by atoms with Crippen LogP contribution < -0.4 is 0 Å². The lowest BCUT2D eigenvalue weighted by molar-refractivity contribution is 0.543. The predicted octanol–water partition coefficient (Wildman–Crippen LogP) is 0.292. The van der Waals surface area contributed by atoms with E-state index in [0.717, 1.165) is 0 Å². The molecular formula is C5H2FN4. The molecule has 0 unspecified atom stereocenters. The highest BCUT2D eigenvalue weighted by Crippen LogP contribution is 2.01. The van der Waals surface area contributed by atoms with Crippen LogP contribution in [0.25, 0.3) is 11.2 Å². The number of aromatic amines is 1. The molecule has 4 nitrogen and oxygen atoms in total. The van der Waals surface area contributed by atoms with Crippen molar-refractivity contribution in [1.29, 1.82) is 0 Å². The highest BCUT2D eigenvalue weighted by molar-refractivity contribution is 5.66. The standard InChI is InChI=1S/C5H2FN4/c6-5-7-1-3-4(10-5)9-2-8-3/h2H,(H,7,8,9,10). The first kappa shape index (κ1) is 5.28. The second kappa shape index (κ2) is 1.73. The Kier molecular flexibility index (Phi) is 0.913. The van der Waals surface area contributed by atoms with Crippen LogP contribution in [-0.2, 0) is 0 Å². The van der Waals surface area contributed by atoms with Crippen LogP contribution >= 0.6 is 0 Å². The fourth-order valence-electron chi connectivity index (χ4n) is 0.671. The maximum Gasteiger partial charge on any atom is 0.311 e. The number of halogens is 1. The van der Waals surface area contributed by atoms with Gasteiger partial charge in [-0.3, -0.25) is 0 Å². The summed E-state index contributed by atoms with van der Waals surface area (Å²) in [6.07, 6.45) is 2.99. The molecule has 0 amide bonds. The summed E-state index contributed by atoms with van der Waals surface area (Å²) in [6, 6.07) is 0. The third-order valence-corrected chi connectivity index (χ3v) is 1.08. The SMILES string of the molecule is Fc1n[c]c2nc[nH]c2n1. The van der Waals surface area contributed by atoms with Crippen molar-refractivity contribution in [3.63, 3.8) is 0 Å². The molecule has 2 rings (SSSR count). The Morgan fingerprint density at radius 1 is 1.60 bits per heavy atom. The van der Waals surface area contributed by atoms with E-state index in [1.54, 1.807) is 0 Å². The quantitative estimate of drug-likeness (QED) is 0.531. The van der Waals surface area contributed by atoms with Gasteiger partial charge in [0.25, 0.3) is 0 Å². The summed E-state index contributed by atoms with van der Waals surface area (Å²) in [6.45, 7) is 0. The summed E-state index contributed by atoms with van der Waals surface area (Å²) in [5.41, 5.74) is 0.814. The predicted molar refractivity (Wildman–Crippen MR) is 30.5 cm³/mol. The summed E-state index contributed by atoms with van der Waals surface area (Å²) in [5.74, 6) is 0. The third-order valence-electron chi connectivity index (χ3n) is 1.08.